The predicted octanol–water partition coefficient (Wildman–Crippen LogP) is 2.85. The standard InChI is InChI=1S/C23H28ClN6O6PS/c1-14-11-30-21(25-22(14)28-12-16(13-28)36-37(32)33)10-19(26-30)20-5-3-4-8-29(20)23(31)17-9-15(24)6-7-18(17)27-38(2,34)35/h6-7,9-11,16,20,27,32-33H,3-5,8,12-13H2,1-2H3/t20-/m0/s1. The molecule has 1 aromatic carbocycles. The maximum atomic E-state index is 13.7. The highest BCUT2D eigenvalue weighted by Gasteiger charge is 2.34. The van der Waals surface area contributed by atoms with E-state index >= 15 is 0 Å². The van der Waals surface area contributed by atoms with E-state index in [0.717, 1.165) is 30.5 Å². The van der Waals surface area contributed by atoms with Crippen molar-refractivity contribution >= 4 is 53.3 Å². The average Bonchev–Trinajstić information content (AvgIpc) is 3.23. The molecule has 1 amide bonds. The van der Waals surface area contributed by atoms with Gasteiger partial charge < -0.3 is 24.1 Å². The Morgan fingerprint density at radius 1 is 1.24 bits per heavy atom. The number of nitrogens with one attached hydrogen (secondary N) is 1. The molecule has 0 aliphatic carbocycles. The number of halogens is 1. The van der Waals surface area contributed by atoms with Crippen LogP contribution in [0.25, 0.3) is 5.65 Å². The Labute approximate surface area is 226 Å². The number of piperidine rings is 1. The van der Waals surface area contributed by atoms with Crippen LogP contribution in [-0.4, -0.2) is 75.6 Å². The summed E-state index contributed by atoms with van der Waals surface area (Å²) in [7, 11) is -6.00. The van der Waals surface area contributed by atoms with Gasteiger partial charge in [-0.1, -0.05) is 11.6 Å². The molecule has 12 nitrogen and oxygen atoms in total. The van der Waals surface area contributed by atoms with Crippen LogP contribution in [0.1, 0.15) is 46.9 Å². The van der Waals surface area contributed by atoms with E-state index < -0.39 is 18.6 Å². The number of aromatic nitrogens is 3. The molecule has 4 heterocycles. The zero-order chi connectivity index (χ0) is 27.2. The molecule has 0 unspecified atom stereocenters. The number of nitrogens with zero attached hydrogens (tertiary/aromatic N) is 5. The Balaban J connectivity index is 1.43. The fraction of sp³-hybridized carbons (Fsp3) is 0.435. The topological polar surface area (TPSA) is 150 Å². The first-order valence-corrected chi connectivity index (χ1v) is 15.5. The van der Waals surface area contributed by atoms with Crippen molar-refractivity contribution in [2.24, 2.45) is 0 Å². The molecule has 3 aromatic rings. The Morgan fingerprint density at radius 3 is 2.71 bits per heavy atom. The molecular formula is C23H28ClN6O6PS. The Hall–Kier alpha value is -2.54. The van der Waals surface area contributed by atoms with Crippen LogP contribution >= 0.6 is 20.2 Å². The number of fused-ring (bicyclic) bond motifs is 1. The maximum absolute atomic E-state index is 13.7. The van der Waals surface area contributed by atoms with E-state index in [4.69, 9.17) is 36.0 Å². The summed E-state index contributed by atoms with van der Waals surface area (Å²) >= 11 is 6.18. The summed E-state index contributed by atoms with van der Waals surface area (Å²) < 4.78 is 33.0. The normalized spacial score (nSPS) is 18.7. The van der Waals surface area contributed by atoms with Crippen LogP contribution in [0.15, 0.2) is 30.5 Å². The van der Waals surface area contributed by atoms with Gasteiger partial charge in [0.2, 0.25) is 10.0 Å². The number of benzene rings is 1. The van der Waals surface area contributed by atoms with Gasteiger partial charge in [0.15, 0.2) is 5.65 Å². The summed E-state index contributed by atoms with van der Waals surface area (Å²) in [6.07, 6.45) is 5.08. The van der Waals surface area contributed by atoms with Crippen LogP contribution in [0.4, 0.5) is 11.5 Å². The molecule has 2 aliphatic heterocycles. The number of rotatable bonds is 7. The lowest BCUT2D eigenvalue weighted by Crippen LogP contribution is -2.52. The lowest BCUT2D eigenvalue weighted by atomic mass is 9.98. The average molecular weight is 583 g/mol. The van der Waals surface area contributed by atoms with Gasteiger partial charge in [0, 0.05) is 42.5 Å². The second-order valence-corrected chi connectivity index (χ2v) is 12.5. The number of carbonyl (C=O) groups excluding carboxylic acids is 1. The third-order valence-corrected chi connectivity index (χ3v) is 7.94. The van der Waals surface area contributed by atoms with Crippen LogP contribution < -0.4 is 9.62 Å². The van der Waals surface area contributed by atoms with Gasteiger partial charge in [-0.05, 0) is 44.4 Å². The van der Waals surface area contributed by atoms with Crippen LogP contribution in [-0.2, 0) is 14.5 Å². The van der Waals surface area contributed by atoms with Crippen molar-refractivity contribution in [3.8, 4) is 0 Å². The predicted molar refractivity (Wildman–Crippen MR) is 144 cm³/mol. The highest BCUT2D eigenvalue weighted by Crippen LogP contribution is 2.36. The van der Waals surface area contributed by atoms with Crippen LogP contribution in [0.3, 0.4) is 0 Å². The number of carbonyl (C=O) groups is 1. The van der Waals surface area contributed by atoms with Gasteiger partial charge in [0.05, 0.1) is 29.2 Å². The van der Waals surface area contributed by atoms with Gasteiger partial charge in [-0.25, -0.2) is 17.9 Å². The molecule has 0 radical (unpaired) electrons. The second-order valence-electron chi connectivity index (χ2n) is 9.58. The molecule has 2 saturated heterocycles. The number of likely N-dealkylation sites (tertiary alicyclic amines) is 1. The smallest absolute Gasteiger partial charge is 0.327 e. The van der Waals surface area contributed by atoms with Crippen molar-refractivity contribution in [2.45, 2.75) is 38.3 Å². The van der Waals surface area contributed by atoms with Crippen molar-refractivity contribution in [1.29, 1.82) is 0 Å². The van der Waals surface area contributed by atoms with E-state index in [9.17, 15) is 13.2 Å². The Bertz CT molecular complexity index is 1480. The van der Waals surface area contributed by atoms with Crippen molar-refractivity contribution in [3.63, 3.8) is 0 Å². The lowest BCUT2D eigenvalue weighted by molar-refractivity contribution is 0.0606. The number of amides is 1. The van der Waals surface area contributed by atoms with Crippen molar-refractivity contribution in [3.05, 3.63) is 52.3 Å². The maximum Gasteiger partial charge on any atom is 0.327 e. The summed E-state index contributed by atoms with van der Waals surface area (Å²) in [5.41, 5.74) is 2.57. The third kappa shape index (κ3) is 5.73. The first-order chi connectivity index (χ1) is 18.0. The zero-order valence-electron chi connectivity index (χ0n) is 20.8. The molecule has 0 saturated carbocycles. The van der Waals surface area contributed by atoms with Gasteiger partial charge in [0.25, 0.3) is 5.91 Å². The molecule has 2 fully saturated rings. The van der Waals surface area contributed by atoms with E-state index in [2.05, 4.69) is 4.72 Å². The Kier molecular flexibility index (Phi) is 7.51. The van der Waals surface area contributed by atoms with E-state index in [1.807, 2.05) is 24.1 Å². The molecule has 3 N–H and O–H groups in total. The number of hydrogen-bond donors (Lipinski definition) is 3. The quantitative estimate of drug-likeness (QED) is 0.357. The van der Waals surface area contributed by atoms with E-state index in [0.29, 0.717) is 42.4 Å². The molecule has 2 aliphatic rings. The third-order valence-electron chi connectivity index (χ3n) is 6.63. The number of hydrogen-bond acceptors (Lipinski definition) is 9. The highest BCUT2D eigenvalue weighted by atomic mass is 35.5. The Morgan fingerprint density at radius 2 is 2.00 bits per heavy atom. The molecule has 1 atom stereocenters. The van der Waals surface area contributed by atoms with Crippen molar-refractivity contribution in [2.75, 3.05) is 35.5 Å². The summed E-state index contributed by atoms with van der Waals surface area (Å²) in [6, 6.07) is 6.04. The molecule has 0 bridgehead atoms. The monoisotopic (exact) mass is 582 g/mol. The molecule has 2 aromatic heterocycles. The minimum atomic E-state index is -3.61. The van der Waals surface area contributed by atoms with Gasteiger partial charge in [0.1, 0.15) is 11.9 Å². The lowest BCUT2D eigenvalue weighted by Gasteiger charge is -2.40. The van der Waals surface area contributed by atoms with E-state index in [1.54, 1.807) is 9.42 Å². The summed E-state index contributed by atoms with van der Waals surface area (Å²) in [4.78, 5) is 40.4. The first kappa shape index (κ1) is 27.0. The van der Waals surface area contributed by atoms with Crippen LogP contribution in [0, 0.1) is 6.92 Å². The molecule has 0 spiro atoms. The molecule has 15 heteroatoms. The number of anilines is 2. The fourth-order valence-electron chi connectivity index (χ4n) is 4.93. The summed E-state index contributed by atoms with van der Waals surface area (Å²) in [6.45, 7) is 3.42. The second kappa shape index (κ2) is 10.6. The number of aryl methyl sites for hydroxylation is 1. The summed E-state index contributed by atoms with van der Waals surface area (Å²) in [5, 5.41) is 5.07. The first-order valence-electron chi connectivity index (χ1n) is 12.0. The minimum Gasteiger partial charge on any atom is -0.351 e. The molecule has 5 rings (SSSR count). The highest BCUT2D eigenvalue weighted by molar-refractivity contribution is 7.92. The van der Waals surface area contributed by atoms with E-state index in [-0.39, 0.29) is 29.3 Å². The van der Waals surface area contributed by atoms with Gasteiger partial charge in [-0.15, -0.1) is 0 Å². The van der Waals surface area contributed by atoms with Crippen molar-refractivity contribution in [1.82, 2.24) is 19.5 Å². The summed E-state index contributed by atoms with van der Waals surface area (Å²) in [5.74, 6) is 0.431. The van der Waals surface area contributed by atoms with Crippen LogP contribution in [0.5, 0.6) is 0 Å². The zero-order valence-corrected chi connectivity index (χ0v) is 23.2. The SMILES string of the molecule is Cc1cn2nc([C@@H]3CCCCN3C(=O)c3cc(Cl)ccc3NS(C)(=O)=O)cc2nc1N1CC(OP(O)O)C1. The largest absolute Gasteiger partial charge is 0.351 e. The molecule has 204 valence electrons. The van der Waals surface area contributed by atoms with Gasteiger partial charge >= 0.3 is 8.60 Å². The van der Waals surface area contributed by atoms with Crippen molar-refractivity contribution < 1.29 is 27.5 Å². The van der Waals surface area contributed by atoms with Crippen LogP contribution in [0.2, 0.25) is 5.02 Å². The minimum absolute atomic E-state index is 0.176. The fourth-order valence-corrected chi connectivity index (χ4v) is 6.08. The van der Waals surface area contributed by atoms with Gasteiger partial charge in [-0.3, -0.25) is 9.52 Å². The van der Waals surface area contributed by atoms with Gasteiger partial charge in [-0.2, -0.15) is 5.10 Å². The molecular weight excluding hydrogens is 555 g/mol. The van der Waals surface area contributed by atoms with E-state index in [1.165, 1.54) is 18.2 Å². The number of sulfonamides is 1. The molecule has 38 heavy (non-hydrogen) atoms.